The Morgan fingerprint density at radius 1 is 1.15 bits per heavy atom. The number of rotatable bonds is 4. The van der Waals surface area contributed by atoms with Crippen LogP contribution in [0.2, 0.25) is 0 Å². The summed E-state index contributed by atoms with van der Waals surface area (Å²) in [6.45, 7) is 4.57. The molecule has 2 aliphatic rings. The number of hydrogen-bond acceptors (Lipinski definition) is 6. The van der Waals surface area contributed by atoms with Gasteiger partial charge in [0.15, 0.2) is 5.82 Å². The highest BCUT2D eigenvalue weighted by atomic mass is 16.2. The molecule has 0 unspecified atom stereocenters. The van der Waals surface area contributed by atoms with Crippen molar-refractivity contribution in [1.82, 2.24) is 24.6 Å². The Morgan fingerprint density at radius 3 is 2.54 bits per heavy atom. The van der Waals surface area contributed by atoms with Crippen LogP contribution < -0.4 is 10.5 Å². The van der Waals surface area contributed by atoms with Crippen molar-refractivity contribution < 1.29 is 4.79 Å². The Balaban J connectivity index is 1.35. The van der Waals surface area contributed by atoms with Crippen LogP contribution in [0.1, 0.15) is 30.1 Å². The van der Waals surface area contributed by atoms with Crippen molar-refractivity contribution in [2.75, 3.05) is 31.1 Å². The molecule has 1 aliphatic carbocycles. The number of anilines is 1. The molecule has 0 N–H and O–H groups in total. The van der Waals surface area contributed by atoms with Gasteiger partial charge in [-0.3, -0.25) is 14.2 Å². The number of aryl methyl sites for hydroxylation is 1. The van der Waals surface area contributed by atoms with Crippen LogP contribution in [0.15, 0.2) is 29.3 Å². The maximum absolute atomic E-state index is 12.5. The van der Waals surface area contributed by atoms with Crippen LogP contribution >= 0.6 is 0 Å². The minimum Gasteiger partial charge on any atom is -0.352 e. The zero-order valence-electron chi connectivity index (χ0n) is 14.8. The van der Waals surface area contributed by atoms with Gasteiger partial charge in [0.2, 0.25) is 5.91 Å². The van der Waals surface area contributed by atoms with Gasteiger partial charge in [-0.2, -0.15) is 5.10 Å². The summed E-state index contributed by atoms with van der Waals surface area (Å²) in [5.41, 5.74) is 1.59. The minimum absolute atomic E-state index is 0.0428. The molecule has 0 radical (unpaired) electrons. The van der Waals surface area contributed by atoms with Crippen LogP contribution in [0.5, 0.6) is 0 Å². The SMILES string of the molecule is Cc1ccc(N2CCN(C(=O)Cn3cnc(C4CC4)cc3=O)CC2)nn1. The summed E-state index contributed by atoms with van der Waals surface area (Å²) in [5, 5.41) is 8.28. The van der Waals surface area contributed by atoms with Gasteiger partial charge < -0.3 is 9.80 Å². The molecule has 8 heteroatoms. The van der Waals surface area contributed by atoms with E-state index in [0.29, 0.717) is 32.1 Å². The zero-order chi connectivity index (χ0) is 18.1. The molecule has 136 valence electrons. The molecule has 2 aromatic rings. The van der Waals surface area contributed by atoms with Crippen molar-refractivity contribution in [1.29, 1.82) is 0 Å². The number of carbonyl (C=O) groups is 1. The van der Waals surface area contributed by atoms with Crippen molar-refractivity contribution in [3.8, 4) is 0 Å². The normalized spacial score (nSPS) is 17.4. The molecule has 4 rings (SSSR count). The van der Waals surface area contributed by atoms with E-state index in [1.54, 1.807) is 11.0 Å². The molecule has 1 aliphatic heterocycles. The van der Waals surface area contributed by atoms with Crippen molar-refractivity contribution in [2.45, 2.75) is 32.2 Å². The standard InChI is InChI=1S/C18H22N6O2/c1-13-2-5-16(21-20-13)22-6-8-23(9-7-22)18(26)11-24-12-19-15(10-17(24)25)14-3-4-14/h2,5,10,12,14H,3-4,6-9,11H2,1H3. The number of nitrogens with zero attached hydrogens (tertiary/aromatic N) is 6. The molecule has 8 nitrogen and oxygen atoms in total. The predicted molar refractivity (Wildman–Crippen MR) is 96.0 cm³/mol. The van der Waals surface area contributed by atoms with Crippen molar-refractivity contribution in [2.24, 2.45) is 0 Å². The van der Waals surface area contributed by atoms with E-state index in [0.717, 1.165) is 30.0 Å². The number of piperazine rings is 1. The smallest absolute Gasteiger partial charge is 0.254 e. The second-order valence-corrected chi connectivity index (χ2v) is 6.95. The third-order valence-electron chi connectivity index (χ3n) is 4.94. The van der Waals surface area contributed by atoms with Gasteiger partial charge in [0.05, 0.1) is 17.7 Å². The maximum atomic E-state index is 12.5. The summed E-state index contributed by atoms with van der Waals surface area (Å²) in [7, 11) is 0. The second-order valence-electron chi connectivity index (χ2n) is 6.95. The van der Waals surface area contributed by atoms with E-state index < -0.39 is 0 Å². The topological polar surface area (TPSA) is 84.2 Å². The first-order chi connectivity index (χ1) is 12.6. The van der Waals surface area contributed by atoms with Crippen LogP contribution in [-0.2, 0) is 11.3 Å². The molecule has 0 atom stereocenters. The van der Waals surface area contributed by atoms with Crippen LogP contribution in [-0.4, -0.2) is 56.7 Å². The summed E-state index contributed by atoms with van der Waals surface area (Å²) >= 11 is 0. The second kappa shape index (κ2) is 6.86. The molecular formula is C18H22N6O2. The van der Waals surface area contributed by atoms with E-state index >= 15 is 0 Å². The third-order valence-corrected chi connectivity index (χ3v) is 4.94. The first-order valence-corrected chi connectivity index (χ1v) is 8.99. The van der Waals surface area contributed by atoms with E-state index in [4.69, 9.17) is 0 Å². The molecule has 2 aromatic heterocycles. The van der Waals surface area contributed by atoms with E-state index in [9.17, 15) is 9.59 Å². The largest absolute Gasteiger partial charge is 0.352 e. The number of hydrogen-bond donors (Lipinski definition) is 0. The molecule has 26 heavy (non-hydrogen) atoms. The highest BCUT2D eigenvalue weighted by Gasteiger charge is 2.26. The van der Waals surface area contributed by atoms with E-state index in [1.165, 1.54) is 10.9 Å². The van der Waals surface area contributed by atoms with Gasteiger partial charge in [-0.05, 0) is 31.9 Å². The number of amides is 1. The van der Waals surface area contributed by atoms with Crippen molar-refractivity contribution in [3.05, 3.63) is 46.3 Å². The molecule has 3 heterocycles. The molecule has 0 spiro atoms. The highest BCUT2D eigenvalue weighted by molar-refractivity contribution is 5.76. The summed E-state index contributed by atoms with van der Waals surface area (Å²) in [6.07, 6.45) is 3.71. The van der Waals surface area contributed by atoms with Gasteiger partial charge in [0, 0.05) is 38.2 Å². The summed E-state index contributed by atoms with van der Waals surface area (Å²) < 4.78 is 1.39. The zero-order valence-corrected chi connectivity index (χ0v) is 14.8. The first kappa shape index (κ1) is 16.7. The van der Waals surface area contributed by atoms with Gasteiger partial charge >= 0.3 is 0 Å². The highest BCUT2D eigenvalue weighted by Crippen LogP contribution is 2.38. The van der Waals surface area contributed by atoms with Crippen LogP contribution in [0.4, 0.5) is 5.82 Å². The molecule has 0 bridgehead atoms. The van der Waals surface area contributed by atoms with E-state index in [1.807, 2.05) is 19.1 Å². The quantitative estimate of drug-likeness (QED) is 0.798. The predicted octanol–water partition coefficient (Wildman–Crippen LogP) is 0.568. The molecule has 2 fully saturated rings. The van der Waals surface area contributed by atoms with Crippen LogP contribution in [0.3, 0.4) is 0 Å². The Labute approximate surface area is 151 Å². The van der Waals surface area contributed by atoms with Gasteiger partial charge in [0.25, 0.3) is 5.56 Å². The Bertz CT molecular complexity index is 851. The summed E-state index contributed by atoms with van der Waals surface area (Å²) in [5.74, 6) is 1.22. The van der Waals surface area contributed by atoms with Gasteiger partial charge in [-0.25, -0.2) is 4.98 Å². The van der Waals surface area contributed by atoms with Crippen LogP contribution in [0, 0.1) is 6.92 Å². The van der Waals surface area contributed by atoms with Crippen molar-refractivity contribution >= 4 is 11.7 Å². The molecule has 1 amide bonds. The fourth-order valence-corrected chi connectivity index (χ4v) is 3.15. The lowest BCUT2D eigenvalue weighted by molar-refractivity contribution is -0.132. The molecule has 1 saturated heterocycles. The monoisotopic (exact) mass is 354 g/mol. The van der Waals surface area contributed by atoms with Crippen molar-refractivity contribution in [3.63, 3.8) is 0 Å². The average molecular weight is 354 g/mol. The number of aromatic nitrogens is 4. The fourth-order valence-electron chi connectivity index (χ4n) is 3.15. The maximum Gasteiger partial charge on any atom is 0.254 e. The first-order valence-electron chi connectivity index (χ1n) is 8.99. The summed E-state index contributed by atoms with van der Waals surface area (Å²) in [6, 6.07) is 5.45. The van der Waals surface area contributed by atoms with Crippen LogP contribution in [0.25, 0.3) is 0 Å². The Morgan fingerprint density at radius 2 is 1.92 bits per heavy atom. The molecular weight excluding hydrogens is 332 g/mol. The van der Waals surface area contributed by atoms with Gasteiger partial charge in [-0.15, -0.1) is 5.10 Å². The average Bonchev–Trinajstić information content (AvgIpc) is 3.49. The van der Waals surface area contributed by atoms with E-state index in [2.05, 4.69) is 20.1 Å². The molecule has 0 aromatic carbocycles. The molecule has 1 saturated carbocycles. The Kier molecular flexibility index (Phi) is 4.40. The Hall–Kier alpha value is -2.77. The number of carbonyl (C=O) groups excluding carboxylic acids is 1. The lowest BCUT2D eigenvalue weighted by Crippen LogP contribution is -2.50. The van der Waals surface area contributed by atoms with E-state index in [-0.39, 0.29) is 18.0 Å². The van der Waals surface area contributed by atoms with Gasteiger partial charge in [0.1, 0.15) is 6.54 Å². The fraction of sp³-hybridized carbons (Fsp3) is 0.500. The summed E-state index contributed by atoms with van der Waals surface area (Å²) in [4.78, 5) is 33.0. The van der Waals surface area contributed by atoms with Gasteiger partial charge in [-0.1, -0.05) is 0 Å². The lowest BCUT2D eigenvalue weighted by atomic mass is 10.3. The third kappa shape index (κ3) is 3.58. The lowest BCUT2D eigenvalue weighted by Gasteiger charge is -2.35. The minimum atomic E-state index is -0.149.